The normalized spacial score (nSPS) is 13.0. The van der Waals surface area contributed by atoms with Gasteiger partial charge in [0.05, 0.1) is 7.11 Å². The maximum atomic E-state index is 12.3. The highest BCUT2D eigenvalue weighted by molar-refractivity contribution is 8.00. The van der Waals surface area contributed by atoms with E-state index in [1.165, 1.54) is 5.56 Å². The summed E-state index contributed by atoms with van der Waals surface area (Å²) in [6, 6.07) is 13.5. The predicted octanol–water partition coefficient (Wildman–Crippen LogP) is 3.24. The lowest BCUT2D eigenvalue weighted by Gasteiger charge is -2.17. The van der Waals surface area contributed by atoms with Crippen molar-refractivity contribution in [2.45, 2.75) is 13.0 Å². The molecule has 0 saturated carbocycles. The third-order valence-electron chi connectivity index (χ3n) is 3.64. The highest BCUT2D eigenvalue weighted by Crippen LogP contribution is 2.26. The zero-order valence-corrected chi connectivity index (χ0v) is 13.2. The van der Waals surface area contributed by atoms with E-state index in [9.17, 15) is 4.79 Å². The molecule has 0 aromatic heterocycles. The van der Waals surface area contributed by atoms with Crippen LogP contribution in [0.2, 0.25) is 0 Å². The average Bonchev–Trinajstić information content (AvgIpc) is 2.59. The molecule has 2 aromatic carbocycles. The Balaban J connectivity index is 1.64. The first-order valence-corrected chi connectivity index (χ1v) is 8.16. The monoisotopic (exact) mass is 314 g/mol. The molecule has 2 aromatic rings. The number of ether oxygens (including phenoxy) is 1. The van der Waals surface area contributed by atoms with Gasteiger partial charge in [0, 0.05) is 23.5 Å². The lowest BCUT2D eigenvalue weighted by Crippen LogP contribution is -2.23. The van der Waals surface area contributed by atoms with E-state index in [1.54, 1.807) is 19.1 Å². The Morgan fingerprint density at radius 2 is 2.09 bits per heavy atom. The number of carbonyl (C=O) groups excluding carboxylic acids is 1. The van der Waals surface area contributed by atoms with E-state index in [0.29, 0.717) is 12.1 Å². The highest BCUT2D eigenvalue weighted by Gasteiger charge is 2.12. The number of benzene rings is 2. The van der Waals surface area contributed by atoms with Crippen molar-refractivity contribution < 1.29 is 9.53 Å². The average molecular weight is 314 g/mol. The fourth-order valence-electron chi connectivity index (χ4n) is 2.36. The quantitative estimate of drug-likeness (QED) is 0.851. The molecule has 3 rings (SSSR count). The Bertz CT molecular complexity index is 671. The van der Waals surface area contributed by atoms with Crippen LogP contribution in [0.25, 0.3) is 0 Å². The van der Waals surface area contributed by atoms with Gasteiger partial charge < -0.3 is 14.8 Å². The molecule has 0 fully saturated rings. The maximum absolute atomic E-state index is 12.3. The van der Waals surface area contributed by atoms with Gasteiger partial charge in [-0.15, -0.1) is 0 Å². The number of carbonyl (C=O) groups is 1. The van der Waals surface area contributed by atoms with Crippen LogP contribution in [0.15, 0.2) is 42.5 Å². The summed E-state index contributed by atoms with van der Waals surface area (Å²) in [6.45, 7) is 0.508. The van der Waals surface area contributed by atoms with E-state index in [2.05, 4.69) is 10.0 Å². The number of hydrogen-bond donors (Lipinski definition) is 2. The smallest absolute Gasteiger partial charge is 0.251 e. The van der Waals surface area contributed by atoms with Crippen LogP contribution in [0.1, 0.15) is 21.5 Å². The molecule has 0 bridgehead atoms. The topological polar surface area (TPSA) is 50.4 Å². The summed E-state index contributed by atoms with van der Waals surface area (Å²) in [4.78, 5) is 12.3. The standard InChI is InChI=1S/C17H18N2O2S/c1-21-15-5-2-12(3-6-15)11-18-17(20)14-4-7-16-13(10-14)8-9-22-19-16/h2-7,10,19H,8-9,11H2,1H3,(H,18,20). The third-order valence-corrected chi connectivity index (χ3v) is 4.41. The molecule has 2 N–H and O–H groups in total. The number of nitrogens with one attached hydrogen (secondary N) is 2. The molecular formula is C17H18N2O2S. The molecule has 1 amide bonds. The predicted molar refractivity (Wildman–Crippen MR) is 90.4 cm³/mol. The van der Waals surface area contributed by atoms with Crippen molar-refractivity contribution in [3.05, 3.63) is 59.2 Å². The SMILES string of the molecule is COc1ccc(CNC(=O)c2ccc3c(c2)CCSN3)cc1. The van der Waals surface area contributed by atoms with Crippen molar-refractivity contribution >= 4 is 23.5 Å². The van der Waals surface area contributed by atoms with Crippen LogP contribution >= 0.6 is 11.9 Å². The second kappa shape index (κ2) is 6.75. The minimum atomic E-state index is -0.0446. The molecular weight excluding hydrogens is 296 g/mol. The first-order valence-electron chi connectivity index (χ1n) is 7.18. The summed E-state index contributed by atoms with van der Waals surface area (Å²) in [5.74, 6) is 1.80. The number of amides is 1. The Labute approximate surface area is 134 Å². The van der Waals surface area contributed by atoms with E-state index < -0.39 is 0 Å². The summed E-state index contributed by atoms with van der Waals surface area (Å²) < 4.78 is 8.39. The van der Waals surface area contributed by atoms with E-state index in [4.69, 9.17) is 4.74 Å². The lowest BCUT2D eigenvalue weighted by molar-refractivity contribution is 0.0951. The first-order chi connectivity index (χ1) is 10.8. The molecule has 5 heteroatoms. The van der Waals surface area contributed by atoms with Crippen LogP contribution in [-0.4, -0.2) is 18.8 Å². The van der Waals surface area contributed by atoms with Gasteiger partial charge in [-0.25, -0.2) is 0 Å². The van der Waals surface area contributed by atoms with E-state index >= 15 is 0 Å². The fraction of sp³-hybridized carbons (Fsp3) is 0.235. The molecule has 1 aliphatic heterocycles. The van der Waals surface area contributed by atoms with Crippen LogP contribution < -0.4 is 14.8 Å². The van der Waals surface area contributed by atoms with Crippen molar-refractivity contribution in [3.8, 4) is 5.75 Å². The number of anilines is 1. The number of rotatable bonds is 4. The van der Waals surface area contributed by atoms with Crippen LogP contribution in [0.4, 0.5) is 5.69 Å². The highest BCUT2D eigenvalue weighted by atomic mass is 32.2. The molecule has 1 heterocycles. The zero-order valence-electron chi connectivity index (χ0n) is 12.4. The Morgan fingerprint density at radius 1 is 1.27 bits per heavy atom. The summed E-state index contributed by atoms with van der Waals surface area (Å²) in [5, 5.41) is 2.95. The van der Waals surface area contributed by atoms with Crippen molar-refractivity contribution in [1.82, 2.24) is 5.32 Å². The zero-order chi connectivity index (χ0) is 15.4. The van der Waals surface area contributed by atoms with Gasteiger partial charge >= 0.3 is 0 Å². The minimum absolute atomic E-state index is 0.0446. The van der Waals surface area contributed by atoms with Gasteiger partial charge in [-0.1, -0.05) is 24.1 Å². The largest absolute Gasteiger partial charge is 0.497 e. The molecule has 0 radical (unpaired) electrons. The maximum Gasteiger partial charge on any atom is 0.251 e. The summed E-state index contributed by atoms with van der Waals surface area (Å²) in [7, 11) is 1.64. The first kappa shape index (κ1) is 14.8. The number of methoxy groups -OCH3 is 1. The van der Waals surface area contributed by atoms with Gasteiger partial charge in [0.15, 0.2) is 0 Å². The van der Waals surface area contributed by atoms with E-state index in [-0.39, 0.29) is 5.91 Å². The summed E-state index contributed by atoms with van der Waals surface area (Å²) >= 11 is 1.70. The van der Waals surface area contributed by atoms with Crippen LogP contribution in [0, 0.1) is 0 Å². The third kappa shape index (κ3) is 3.36. The Hall–Kier alpha value is -2.14. The molecule has 0 spiro atoms. The number of aryl methyl sites for hydroxylation is 1. The number of fused-ring (bicyclic) bond motifs is 1. The summed E-state index contributed by atoms with van der Waals surface area (Å²) in [5.41, 5.74) is 4.07. The molecule has 0 unspecified atom stereocenters. The Morgan fingerprint density at radius 3 is 2.86 bits per heavy atom. The molecule has 4 nitrogen and oxygen atoms in total. The second-order valence-electron chi connectivity index (χ2n) is 5.10. The second-order valence-corrected chi connectivity index (χ2v) is 6.00. The van der Waals surface area contributed by atoms with Gasteiger partial charge in [0.25, 0.3) is 5.91 Å². The molecule has 0 saturated heterocycles. The van der Waals surface area contributed by atoms with E-state index in [1.807, 2.05) is 42.5 Å². The number of hydrogen-bond acceptors (Lipinski definition) is 4. The van der Waals surface area contributed by atoms with Crippen molar-refractivity contribution in [1.29, 1.82) is 0 Å². The van der Waals surface area contributed by atoms with Crippen LogP contribution in [0.3, 0.4) is 0 Å². The van der Waals surface area contributed by atoms with Crippen molar-refractivity contribution in [2.24, 2.45) is 0 Å². The van der Waals surface area contributed by atoms with Crippen LogP contribution in [-0.2, 0) is 13.0 Å². The van der Waals surface area contributed by atoms with Gasteiger partial charge in [-0.05, 0) is 47.9 Å². The summed E-state index contributed by atoms with van der Waals surface area (Å²) in [6.07, 6.45) is 0.993. The Kier molecular flexibility index (Phi) is 4.53. The molecule has 22 heavy (non-hydrogen) atoms. The fourth-order valence-corrected chi connectivity index (χ4v) is 3.14. The van der Waals surface area contributed by atoms with Gasteiger partial charge in [0.1, 0.15) is 5.75 Å². The molecule has 0 atom stereocenters. The molecule has 1 aliphatic rings. The van der Waals surface area contributed by atoms with Crippen molar-refractivity contribution in [3.63, 3.8) is 0 Å². The molecule has 0 aliphatic carbocycles. The van der Waals surface area contributed by atoms with Gasteiger partial charge in [0.2, 0.25) is 0 Å². The lowest BCUT2D eigenvalue weighted by atomic mass is 10.1. The minimum Gasteiger partial charge on any atom is -0.497 e. The van der Waals surface area contributed by atoms with E-state index in [0.717, 1.165) is 29.2 Å². The van der Waals surface area contributed by atoms with Gasteiger partial charge in [-0.3, -0.25) is 4.79 Å². The van der Waals surface area contributed by atoms with Crippen molar-refractivity contribution in [2.75, 3.05) is 17.6 Å². The van der Waals surface area contributed by atoms with Crippen LogP contribution in [0.5, 0.6) is 5.75 Å². The van der Waals surface area contributed by atoms with Gasteiger partial charge in [-0.2, -0.15) is 0 Å². The molecule has 114 valence electrons.